The molecule has 0 aromatic carbocycles. The fourth-order valence-electron chi connectivity index (χ4n) is 0. The second-order valence-corrected chi connectivity index (χ2v) is 2.02. The van der Waals surface area contributed by atoms with Gasteiger partial charge in [-0.05, 0) is 0 Å². The molecular formula is C2K2OS3. The largest absolute Gasteiger partial charge is 1.00 e. The predicted octanol–water partition coefficient (Wildman–Crippen LogP) is -6.44. The molecule has 0 aliphatic heterocycles. The fourth-order valence-corrected chi connectivity index (χ4v) is 0. The molecule has 0 aromatic heterocycles. The van der Waals surface area contributed by atoms with Crippen LogP contribution in [0.5, 0.6) is 0 Å². The van der Waals surface area contributed by atoms with Gasteiger partial charge in [-0.15, -0.1) is 4.20 Å². The standard InChI is InChI=1S/C2H2OS3.2K/c3-1(4)2(5)6;;/h(H,3,4)(H,5,6);;/q;2*+1/p-2. The van der Waals surface area contributed by atoms with Crippen molar-refractivity contribution < 1.29 is 108 Å². The van der Waals surface area contributed by atoms with Crippen molar-refractivity contribution in [3.8, 4) is 0 Å². The van der Waals surface area contributed by atoms with E-state index in [1.165, 1.54) is 0 Å². The Bertz CT molecular complexity index is 81.3. The summed E-state index contributed by atoms with van der Waals surface area (Å²) in [5, 5.41) is 9.10. The van der Waals surface area contributed by atoms with Crippen LogP contribution in [0.25, 0.3) is 0 Å². The Morgan fingerprint density at radius 3 is 1.38 bits per heavy atom. The van der Waals surface area contributed by atoms with Gasteiger partial charge in [0.05, 0.1) is 0 Å². The van der Waals surface area contributed by atoms with Crippen LogP contribution in [0.4, 0.5) is 0 Å². The summed E-state index contributed by atoms with van der Waals surface area (Å²) in [6.07, 6.45) is 0. The molecule has 0 saturated heterocycles. The average Bonchev–Trinajstić information content (AvgIpc) is 1.36. The van der Waals surface area contributed by atoms with Crippen LogP contribution in [-0.4, -0.2) is 9.25 Å². The monoisotopic (exact) mass is 214 g/mol. The summed E-state index contributed by atoms with van der Waals surface area (Å²) in [5.74, 6) is 0. The smallest absolute Gasteiger partial charge is 0.865 e. The first-order valence-corrected chi connectivity index (χ1v) is 2.29. The van der Waals surface area contributed by atoms with E-state index in [2.05, 4.69) is 37.1 Å². The molecule has 34 valence electrons. The summed E-state index contributed by atoms with van der Waals surface area (Å²) in [6, 6.07) is 0. The average molecular weight is 214 g/mol. The first kappa shape index (κ1) is 17.5. The van der Waals surface area contributed by atoms with Crippen LogP contribution < -0.4 is 108 Å². The molecule has 0 heterocycles. The maximum atomic E-state index is 9.71. The summed E-state index contributed by atoms with van der Waals surface area (Å²) < 4.78 is -0.148. The second kappa shape index (κ2) is 10.5. The van der Waals surface area contributed by atoms with E-state index < -0.39 is 5.05 Å². The van der Waals surface area contributed by atoms with Gasteiger partial charge in [0.15, 0.2) is 0 Å². The molecule has 0 aliphatic carbocycles. The Balaban J connectivity index is -0.000000125. The minimum absolute atomic E-state index is 0. The molecule has 0 aromatic rings. The zero-order chi connectivity index (χ0) is 5.15. The van der Waals surface area contributed by atoms with Crippen molar-refractivity contribution in [2.24, 2.45) is 0 Å². The van der Waals surface area contributed by atoms with Crippen LogP contribution in [0.15, 0.2) is 0 Å². The SMILES string of the molecule is [K+].[K+].[O-]C(=S)C(=S)[S-]. The predicted molar refractivity (Wildman–Crippen MR) is 32.6 cm³/mol. The molecule has 0 saturated carbocycles. The Morgan fingerprint density at radius 2 is 1.38 bits per heavy atom. The third kappa shape index (κ3) is 12.2. The minimum atomic E-state index is -0.611. The molecule has 0 bridgehead atoms. The van der Waals surface area contributed by atoms with Gasteiger partial charge in [-0.2, -0.15) is 0 Å². The van der Waals surface area contributed by atoms with E-state index in [4.69, 9.17) is 0 Å². The van der Waals surface area contributed by atoms with Crippen molar-refractivity contribution in [2.75, 3.05) is 0 Å². The van der Waals surface area contributed by atoms with Gasteiger partial charge < -0.3 is 30.0 Å². The summed E-state index contributed by atoms with van der Waals surface area (Å²) in [7, 11) is 0. The van der Waals surface area contributed by atoms with Gasteiger partial charge in [0.1, 0.15) is 0 Å². The van der Waals surface area contributed by atoms with Crippen molar-refractivity contribution in [1.82, 2.24) is 0 Å². The molecular weight excluding hydrogens is 214 g/mol. The maximum Gasteiger partial charge on any atom is 1.00 e. The number of hydrogen-bond donors (Lipinski definition) is 0. The molecule has 0 unspecified atom stereocenters. The summed E-state index contributed by atoms with van der Waals surface area (Å²) >= 11 is 12.4. The van der Waals surface area contributed by atoms with Crippen LogP contribution in [0, 0.1) is 0 Å². The number of hydrogen-bond acceptors (Lipinski definition) is 4. The Morgan fingerprint density at radius 1 is 1.25 bits per heavy atom. The third-order valence-corrected chi connectivity index (χ3v) is 1.00. The number of rotatable bonds is 1. The van der Waals surface area contributed by atoms with E-state index in [9.17, 15) is 5.11 Å². The third-order valence-electron chi connectivity index (χ3n) is 0.167. The first-order valence-electron chi connectivity index (χ1n) is 1.07. The zero-order valence-corrected chi connectivity index (χ0v) is 13.3. The molecule has 8 heavy (non-hydrogen) atoms. The van der Waals surface area contributed by atoms with Crippen LogP contribution in [0.2, 0.25) is 0 Å². The molecule has 1 nitrogen and oxygen atoms in total. The van der Waals surface area contributed by atoms with Crippen LogP contribution in [-0.2, 0) is 12.6 Å². The molecule has 0 atom stereocenters. The van der Waals surface area contributed by atoms with Crippen LogP contribution >= 0.6 is 24.4 Å². The van der Waals surface area contributed by atoms with E-state index in [0.717, 1.165) is 0 Å². The van der Waals surface area contributed by atoms with Crippen molar-refractivity contribution in [3.05, 3.63) is 0 Å². The van der Waals surface area contributed by atoms with Crippen LogP contribution in [0.3, 0.4) is 0 Å². The van der Waals surface area contributed by atoms with E-state index in [1.807, 2.05) is 0 Å². The molecule has 0 aliphatic rings. The van der Waals surface area contributed by atoms with Crippen molar-refractivity contribution in [2.45, 2.75) is 0 Å². The quantitative estimate of drug-likeness (QED) is 0.246. The topological polar surface area (TPSA) is 23.1 Å². The van der Waals surface area contributed by atoms with Gasteiger partial charge in [-0.1, -0.05) is 17.3 Å². The summed E-state index contributed by atoms with van der Waals surface area (Å²) in [6.45, 7) is 0. The Labute approximate surface area is 150 Å². The summed E-state index contributed by atoms with van der Waals surface area (Å²) in [5.41, 5.74) is 0. The molecule has 0 radical (unpaired) electrons. The van der Waals surface area contributed by atoms with Gasteiger partial charge in [0.2, 0.25) is 0 Å². The molecule has 0 amide bonds. The zero-order valence-electron chi connectivity index (χ0n) is 4.63. The van der Waals surface area contributed by atoms with Crippen molar-refractivity contribution in [3.63, 3.8) is 0 Å². The minimum Gasteiger partial charge on any atom is -0.865 e. The fraction of sp³-hybridized carbons (Fsp3) is 0. The first-order chi connectivity index (χ1) is 2.64. The van der Waals surface area contributed by atoms with Gasteiger partial charge in [-0.25, -0.2) is 0 Å². The number of thiocarbonyl (C=S) groups is 2. The van der Waals surface area contributed by atoms with E-state index in [0.29, 0.717) is 0 Å². The second-order valence-electron chi connectivity index (χ2n) is 0.575. The van der Waals surface area contributed by atoms with Gasteiger partial charge in [0.25, 0.3) is 0 Å². The van der Waals surface area contributed by atoms with Gasteiger partial charge in [-0.3, -0.25) is 0 Å². The maximum absolute atomic E-state index is 9.71. The van der Waals surface area contributed by atoms with Crippen molar-refractivity contribution in [1.29, 1.82) is 0 Å². The molecule has 0 N–H and O–H groups in total. The Kier molecular flexibility index (Phi) is 22.9. The van der Waals surface area contributed by atoms with E-state index in [1.54, 1.807) is 0 Å². The van der Waals surface area contributed by atoms with Crippen molar-refractivity contribution >= 4 is 46.3 Å². The van der Waals surface area contributed by atoms with Gasteiger partial charge in [0, 0.05) is 0 Å². The summed E-state index contributed by atoms with van der Waals surface area (Å²) in [4.78, 5) is 0. The molecule has 0 fully saturated rings. The molecule has 0 rings (SSSR count). The normalized spacial score (nSPS) is 5.50. The van der Waals surface area contributed by atoms with Crippen LogP contribution in [0.1, 0.15) is 0 Å². The Hall–Kier alpha value is 3.47. The van der Waals surface area contributed by atoms with Gasteiger partial charge >= 0.3 is 103 Å². The van der Waals surface area contributed by atoms with E-state index in [-0.39, 0.29) is 107 Å². The molecule has 0 spiro atoms. The van der Waals surface area contributed by atoms with E-state index >= 15 is 0 Å². The molecule has 6 heteroatoms.